The second-order valence-electron chi connectivity index (χ2n) is 5.27. The lowest BCUT2D eigenvalue weighted by Crippen LogP contribution is -2.47. The smallest absolute Gasteiger partial charge is 0.348 e. The first-order chi connectivity index (χ1) is 11.2. The normalized spacial score (nSPS) is 14.9. The zero-order valence-electron chi connectivity index (χ0n) is 13.0. The fourth-order valence-corrected chi connectivity index (χ4v) is 2.93. The Bertz CT molecular complexity index is 726. The lowest BCUT2D eigenvalue weighted by atomic mass is 10.2. The first-order valence-electron chi connectivity index (χ1n) is 7.66. The number of aromatic nitrogens is 2. The Morgan fingerprint density at radius 3 is 2.61 bits per heavy atom. The minimum absolute atomic E-state index is 0.309. The number of para-hydroxylation sites is 2. The number of H-pyrrole nitrogens is 1. The van der Waals surface area contributed by atoms with Crippen molar-refractivity contribution >= 4 is 23.1 Å². The molecule has 0 amide bonds. The molecular weight excluding hydrogens is 316 g/mol. The summed E-state index contributed by atoms with van der Waals surface area (Å²) in [5.74, 6) is 1.53. The molecule has 1 fully saturated rings. The Kier molecular flexibility index (Phi) is 4.71. The van der Waals surface area contributed by atoms with Crippen LogP contribution in [0, 0.1) is 0 Å². The molecule has 2 heterocycles. The van der Waals surface area contributed by atoms with E-state index in [-0.39, 0.29) is 0 Å². The van der Waals surface area contributed by atoms with Crippen LogP contribution in [0.2, 0.25) is 5.15 Å². The molecule has 0 bridgehead atoms. The molecule has 1 aliphatic heterocycles. The summed E-state index contributed by atoms with van der Waals surface area (Å²) < 4.78 is 5.70. The molecule has 3 rings (SSSR count). The maximum atomic E-state index is 11.5. The van der Waals surface area contributed by atoms with E-state index in [1.807, 2.05) is 25.1 Å². The topological polar surface area (TPSA) is 61.5 Å². The van der Waals surface area contributed by atoms with E-state index in [1.54, 1.807) is 6.07 Å². The summed E-state index contributed by atoms with van der Waals surface area (Å²) in [5, 5.41) is 0.309. The van der Waals surface area contributed by atoms with Gasteiger partial charge in [-0.25, -0.2) is 4.79 Å². The molecule has 0 atom stereocenters. The Morgan fingerprint density at radius 2 is 1.91 bits per heavy atom. The van der Waals surface area contributed by atoms with Gasteiger partial charge >= 0.3 is 5.69 Å². The van der Waals surface area contributed by atoms with Crippen molar-refractivity contribution in [1.29, 1.82) is 0 Å². The van der Waals surface area contributed by atoms with Crippen molar-refractivity contribution in [2.75, 3.05) is 42.6 Å². The fraction of sp³-hybridized carbons (Fsp3) is 0.375. The number of piperazine rings is 1. The van der Waals surface area contributed by atoms with Crippen molar-refractivity contribution in [2.45, 2.75) is 6.92 Å². The molecular formula is C16H19ClN4O2. The van der Waals surface area contributed by atoms with Gasteiger partial charge in [-0.2, -0.15) is 4.98 Å². The van der Waals surface area contributed by atoms with Crippen molar-refractivity contribution in [2.24, 2.45) is 0 Å². The molecule has 23 heavy (non-hydrogen) atoms. The maximum absolute atomic E-state index is 11.5. The summed E-state index contributed by atoms with van der Waals surface area (Å²) in [7, 11) is 0. The molecule has 7 heteroatoms. The molecule has 1 aliphatic rings. The summed E-state index contributed by atoms with van der Waals surface area (Å²) in [6.45, 7) is 5.83. The minimum atomic E-state index is -0.420. The number of nitrogens with one attached hydrogen (secondary N) is 1. The summed E-state index contributed by atoms with van der Waals surface area (Å²) in [6.07, 6.45) is 0. The van der Waals surface area contributed by atoms with E-state index in [1.165, 1.54) is 0 Å². The second-order valence-corrected chi connectivity index (χ2v) is 5.67. The average molecular weight is 335 g/mol. The highest BCUT2D eigenvalue weighted by atomic mass is 35.5. The van der Waals surface area contributed by atoms with Gasteiger partial charge in [0.15, 0.2) is 0 Å². The highest BCUT2D eigenvalue weighted by Crippen LogP contribution is 2.29. The van der Waals surface area contributed by atoms with E-state index in [9.17, 15) is 4.79 Å². The number of hydrogen-bond donors (Lipinski definition) is 1. The van der Waals surface area contributed by atoms with E-state index < -0.39 is 5.69 Å². The van der Waals surface area contributed by atoms with Gasteiger partial charge in [0.25, 0.3) is 0 Å². The van der Waals surface area contributed by atoms with Gasteiger partial charge in [-0.3, -0.25) is 4.98 Å². The minimum Gasteiger partial charge on any atom is -0.492 e. The van der Waals surface area contributed by atoms with Crippen molar-refractivity contribution in [1.82, 2.24) is 9.97 Å². The number of halogens is 1. The van der Waals surface area contributed by atoms with Gasteiger partial charge in [0.05, 0.1) is 12.3 Å². The largest absolute Gasteiger partial charge is 0.492 e. The third kappa shape index (κ3) is 3.59. The Morgan fingerprint density at radius 1 is 1.22 bits per heavy atom. The van der Waals surface area contributed by atoms with Crippen LogP contribution in [-0.4, -0.2) is 42.8 Å². The third-order valence-corrected chi connectivity index (χ3v) is 4.01. The highest BCUT2D eigenvalue weighted by molar-refractivity contribution is 6.29. The average Bonchev–Trinajstić information content (AvgIpc) is 2.55. The summed E-state index contributed by atoms with van der Waals surface area (Å²) >= 11 is 5.90. The monoisotopic (exact) mass is 334 g/mol. The van der Waals surface area contributed by atoms with E-state index in [0.717, 1.165) is 37.6 Å². The molecule has 0 aliphatic carbocycles. The predicted octanol–water partition coefficient (Wildman–Crippen LogP) is 2.15. The van der Waals surface area contributed by atoms with Crippen LogP contribution < -0.4 is 20.2 Å². The summed E-state index contributed by atoms with van der Waals surface area (Å²) in [6, 6.07) is 9.74. The van der Waals surface area contributed by atoms with Crippen LogP contribution in [0.25, 0.3) is 0 Å². The van der Waals surface area contributed by atoms with Crippen molar-refractivity contribution < 1.29 is 4.74 Å². The molecule has 1 aromatic heterocycles. The maximum Gasteiger partial charge on any atom is 0.348 e. The molecule has 122 valence electrons. The zero-order chi connectivity index (χ0) is 16.2. The van der Waals surface area contributed by atoms with Crippen molar-refractivity contribution in [3.63, 3.8) is 0 Å². The van der Waals surface area contributed by atoms with Crippen LogP contribution in [0.3, 0.4) is 0 Å². The number of benzene rings is 1. The first-order valence-corrected chi connectivity index (χ1v) is 8.04. The van der Waals surface area contributed by atoms with E-state index in [0.29, 0.717) is 17.6 Å². The first kappa shape index (κ1) is 15.7. The quantitative estimate of drug-likeness (QED) is 0.868. The van der Waals surface area contributed by atoms with E-state index in [2.05, 4.69) is 25.8 Å². The molecule has 6 nitrogen and oxygen atoms in total. The molecule has 1 saturated heterocycles. The van der Waals surface area contributed by atoms with Crippen LogP contribution in [0.5, 0.6) is 5.75 Å². The Balaban J connectivity index is 1.72. The van der Waals surface area contributed by atoms with Gasteiger partial charge in [-0.15, -0.1) is 0 Å². The van der Waals surface area contributed by atoms with Crippen LogP contribution >= 0.6 is 11.6 Å². The molecule has 0 unspecified atom stereocenters. The standard InChI is InChI=1S/C16H19ClN4O2/c1-2-23-13-6-4-3-5-12(13)20-7-9-21(10-8-20)15-11-14(17)18-16(22)19-15/h3-6,11H,2,7-10H2,1H3,(H,18,19,22). The van der Waals surface area contributed by atoms with Crippen LogP contribution in [0.15, 0.2) is 35.1 Å². The van der Waals surface area contributed by atoms with Crippen LogP contribution in [-0.2, 0) is 0 Å². The SMILES string of the molecule is CCOc1ccccc1N1CCN(c2cc(Cl)[nH]c(=O)n2)CC1. The lowest BCUT2D eigenvalue weighted by molar-refractivity contribution is 0.340. The van der Waals surface area contributed by atoms with E-state index >= 15 is 0 Å². The summed E-state index contributed by atoms with van der Waals surface area (Å²) in [4.78, 5) is 22.3. The second kappa shape index (κ2) is 6.91. The highest BCUT2D eigenvalue weighted by Gasteiger charge is 2.21. The lowest BCUT2D eigenvalue weighted by Gasteiger charge is -2.37. The zero-order valence-corrected chi connectivity index (χ0v) is 13.7. The third-order valence-electron chi connectivity index (χ3n) is 3.81. The van der Waals surface area contributed by atoms with Crippen LogP contribution in [0.1, 0.15) is 6.92 Å². The number of aromatic amines is 1. The van der Waals surface area contributed by atoms with Gasteiger partial charge in [-0.05, 0) is 19.1 Å². The predicted molar refractivity (Wildman–Crippen MR) is 91.9 cm³/mol. The molecule has 2 aromatic rings. The van der Waals surface area contributed by atoms with Gasteiger partial charge in [-0.1, -0.05) is 23.7 Å². The summed E-state index contributed by atoms with van der Waals surface area (Å²) in [5.41, 5.74) is 0.683. The molecule has 1 aromatic carbocycles. The Hall–Kier alpha value is -2.21. The van der Waals surface area contributed by atoms with Gasteiger partial charge in [0, 0.05) is 32.2 Å². The fourth-order valence-electron chi connectivity index (χ4n) is 2.75. The van der Waals surface area contributed by atoms with Crippen LogP contribution in [0.4, 0.5) is 11.5 Å². The van der Waals surface area contributed by atoms with Crippen molar-refractivity contribution in [3.8, 4) is 5.75 Å². The number of rotatable bonds is 4. The Labute approximate surface area is 139 Å². The van der Waals surface area contributed by atoms with Crippen molar-refractivity contribution in [3.05, 3.63) is 46.0 Å². The van der Waals surface area contributed by atoms with Gasteiger partial charge in [0.2, 0.25) is 0 Å². The molecule has 1 N–H and O–H groups in total. The number of ether oxygens (including phenoxy) is 1. The molecule has 0 radical (unpaired) electrons. The van der Waals surface area contributed by atoms with E-state index in [4.69, 9.17) is 16.3 Å². The molecule has 0 spiro atoms. The number of anilines is 2. The number of hydrogen-bond acceptors (Lipinski definition) is 5. The van der Waals surface area contributed by atoms with Gasteiger partial charge in [0.1, 0.15) is 16.7 Å². The number of nitrogens with zero attached hydrogens (tertiary/aromatic N) is 3. The molecule has 0 saturated carbocycles. The van der Waals surface area contributed by atoms with Gasteiger partial charge < -0.3 is 14.5 Å².